The maximum atomic E-state index is 11.2. The predicted molar refractivity (Wildman–Crippen MR) is 46.6 cm³/mol. The Bertz CT molecular complexity index is 205. The fourth-order valence-corrected chi connectivity index (χ4v) is 2.25. The van der Waals surface area contributed by atoms with Crippen molar-refractivity contribution in [2.24, 2.45) is 0 Å². The second-order valence-corrected chi connectivity index (χ2v) is 3.83. The molecule has 1 N–H and O–H groups in total. The number of aliphatic carboxylic acids is 1. The molecule has 1 unspecified atom stereocenters. The molecular formula is C9H15NO3. The number of rotatable bonds is 2. The fourth-order valence-electron chi connectivity index (χ4n) is 2.25. The zero-order valence-electron chi connectivity index (χ0n) is 7.66. The third-order valence-corrected chi connectivity index (χ3v) is 3.11. The smallest absolute Gasteiger partial charge is 0.326 e. The van der Waals surface area contributed by atoms with E-state index in [9.17, 15) is 9.90 Å². The highest BCUT2D eigenvalue weighted by molar-refractivity contribution is 5.79. The highest BCUT2D eigenvalue weighted by Gasteiger charge is 2.48. The van der Waals surface area contributed by atoms with Crippen LogP contribution in [-0.2, 0) is 9.53 Å². The summed E-state index contributed by atoms with van der Waals surface area (Å²) in [6.07, 6.45) is 2.88. The molecule has 1 atom stereocenters. The van der Waals surface area contributed by atoms with Crippen LogP contribution in [0.25, 0.3) is 0 Å². The summed E-state index contributed by atoms with van der Waals surface area (Å²) in [5.74, 6) is -0.716. The van der Waals surface area contributed by atoms with Crippen molar-refractivity contribution in [1.29, 1.82) is 0 Å². The Morgan fingerprint density at radius 1 is 1.38 bits per heavy atom. The van der Waals surface area contributed by atoms with Crippen LogP contribution in [0.2, 0.25) is 0 Å². The van der Waals surface area contributed by atoms with Gasteiger partial charge in [0.1, 0.15) is 5.54 Å². The molecule has 2 saturated heterocycles. The molecule has 4 nitrogen and oxygen atoms in total. The lowest BCUT2D eigenvalue weighted by Gasteiger charge is -2.32. The van der Waals surface area contributed by atoms with E-state index in [1.54, 1.807) is 0 Å². The number of nitrogens with zero attached hydrogens (tertiary/aromatic N) is 1. The molecule has 0 aromatic rings. The topological polar surface area (TPSA) is 49.8 Å². The van der Waals surface area contributed by atoms with E-state index in [0.717, 1.165) is 25.9 Å². The van der Waals surface area contributed by atoms with Crippen molar-refractivity contribution in [2.45, 2.75) is 24.8 Å². The van der Waals surface area contributed by atoms with E-state index in [0.29, 0.717) is 19.6 Å². The average Bonchev–Trinajstić information content (AvgIpc) is 2.75. The number of ether oxygens (including phenoxy) is 1. The van der Waals surface area contributed by atoms with Gasteiger partial charge in [0.05, 0.1) is 6.61 Å². The molecule has 0 bridgehead atoms. The Morgan fingerprint density at radius 3 is 2.54 bits per heavy atom. The van der Waals surface area contributed by atoms with Crippen molar-refractivity contribution in [3.8, 4) is 0 Å². The van der Waals surface area contributed by atoms with Gasteiger partial charge in [-0.3, -0.25) is 9.69 Å². The molecule has 2 aliphatic rings. The first kappa shape index (κ1) is 8.97. The Kier molecular flexibility index (Phi) is 2.26. The molecule has 2 fully saturated rings. The summed E-state index contributed by atoms with van der Waals surface area (Å²) in [5.41, 5.74) is -0.698. The van der Waals surface area contributed by atoms with Crippen LogP contribution in [0.5, 0.6) is 0 Å². The van der Waals surface area contributed by atoms with Gasteiger partial charge in [0.15, 0.2) is 0 Å². The summed E-state index contributed by atoms with van der Waals surface area (Å²) in [5, 5.41) is 9.20. The number of hydrogen-bond acceptors (Lipinski definition) is 3. The summed E-state index contributed by atoms with van der Waals surface area (Å²) in [6.45, 7) is 2.77. The monoisotopic (exact) mass is 185 g/mol. The Labute approximate surface area is 77.5 Å². The zero-order valence-corrected chi connectivity index (χ0v) is 7.66. The zero-order chi connectivity index (χ0) is 9.31. The summed E-state index contributed by atoms with van der Waals surface area (Å²) < 4.78 is 5.21. The van der Waals surface area contributed by atoms with Gasteiger partial charge in [0, 0.05) is 13.0 Å². The van der Waals surface area contributed by atoms with E-state index < -0.39 is 11.5 Å². The lowest BCUT2D eigenvalue weighted by atomic mass is 9.97. The van der Waals surface area contributed by atoms with Gasteiger partial charge in [0.25, 0.3) is 0 Å². The van der Waals surface area contributed by atoms with Crippen molar-refractivity contribution in [3.05, 3.63) is 0 Å². The van der Waals surface area contributed by atoms with E-state index in [-0.39, 0.29) is 0 Å². The lowest BCUT2D eigenvalue weighted by Crippen LogP contribution is -2.54. The van der Waals surface area contributed by atoms with Crippen molar-refractivity contribution < 1.29 is 14.6 Å². The van der Waals surface area contributed by atoms with Gasteiger partial charge in [-0.15, -0.1) is 0 Å². The summed E-state index contributed by atoms with van der Waals surface area (Å²) in [6, 6.07) is 0. The average molecular weight is 185 g/mol. The van der Waals surface area contributed by atoms with E-state index in [4.69, 9.17) is 4.74 Å². The number of carbonyl (C=O) groups is 1. The van der Waals surface area contributed by atoms with Crippen molar-refractivity contribution in [2.75, 3.05) is 26.3 Å². The van der Waals surface area contributed by atoms with E-state index in [1.165, 1.54) is 0 Å². The maximum absolute atomic E-state index is 11.2. The molecule has 13 heavy (non-hydrogen) atoms. The lowest BCUT2D eigenvalue weighted by molar-refractivity contribution is -0.151. The minimum Gasteiger partial charge on any atom is -0.480 e. The molecule has 4 heteroatoms. The first-order valence-corrected chi connectivity index (χ1v) is 4.82. The summed E-state index contributed by atoms with van der Waals surface area (Å²) >= 11 is 0. The van der Waals surface area contributed by atoms with Crippen LogP contribution in [-0.4, -0.2) is 47.8 Å². The van der Waals surface area contributed by atoms with Crippen molar-refractivity contribution in [1.82, 2.24) is 4.90 Å². The third-order valence-electron chi connectivity index (χ3n) is 3.11. The molecule has 74 valence electrons. The van der Waals surface area contributed by atoms with Gasteiger partial charge in [-0.25, -0.2) is 0 Å². The molecule has 0 aromatic carbocycles. The van der Waals surface area contributed by atoms with Crippen LogP contribution in [0.3, 0.4) is 0 Å². The first-order chi connectivity index (χ1) is 6.26. The van der Waals surface area contributed by atoms with Gasteiger partial charge < -0.3 is 9.84 Å². The van der Waals surface area contributed by atoms with Crippen LogP contribution < -0.4 is 0 Å². The fraction of sp³-hybridized carbons (Fsp3) is 0.889. The molecule has 0 saturated carbocycles. The Hall–Kier alpha value is -0.610. The first-order valence-electron chi connectivity index (χ1n) is 4.82. The normalized spacial score (nSPS) is 35.4. The second kappa shape index (κ2) is 3.27. The van der Waals surface area contributed by atoms with Gasteiger partial charge in [-0.2, -0.15) is 0 Å². The molecule has 0 aromatic heterocycles. The second-order valence-electron chi connectivity index (χ2n) is 3.83. The molecule has 0 amide bonds. The summed E-state index contributed by atoms with van der Waals surface area (Å²) in [4.78, 5) is 13.3. The van der Waals surface area contributed by atoms with E-state index in [2.05, 4.69) is 4.90 Å². The molecular weight excluding hydrogens is 170 g/mol. The van der Waals surface area contributed by atoms with Crippen LogP contribution in [0.4, 0.5) is 0 Å². The van der Waals surface area contributed by atoms with E-state index in [1.807, 2.05) is 0 Å². The van der Waals surface area contributed by atoms with Gasteiger partial charge in [-0.1, -0.05) is 0 Å². The highest BCUT2D eigenvalue weighted by Crippen LogP contribution is 2.29. The molecule has 0 spiro atoms. The summed E-state index contributed by atoms with van der Waals surface area (Å²) in [7, 11) is 0. The highest BCUT2D eigenvalue weighted by atomic mass is 16.5. The van der Waals surface area contributed by atoms with Crippen LogP contribution in [0.1, 0.15) is 19.3 Å². The minimum atomic E-state index is -0.716. The van der Waals surface area contributed by atoms with Gasteiger partial charge in [-0.05, 0) is 25.9 Å². The number of likely N-dealkylation sites (tertiary alicyclic amines) is 1. The Balaban J connectivity index is 2.16. The van der Waals surface area contributed by atoms with Crippen LogP contribution in [0.15, 0.2) is 0 Å². The maximum Gasteiger partial charge on any atom is 0.326 e. The minimum absolute atomic E-state index is 0.363. The van der Waals surface area contributed by atoms with Crippen LogP contribution >= 0.6 is 0 Å². The third kappa shape index (κ3) is 1.34. The van der Waals surface area contributed by atoms with E-state index >= 15 is 0 Å². The van der Waals surface area contributed by atoms with Gasteiger partial charge >= 0.3 is 5.97 Å². The van der Waals surface area contributed by atoms with Crippen molar-refractivity contribution >= 4 is 5.97 Å². The molecule has 0 radical (unpaired) electrons. The number of carboxylic acids is 1. The standard InChI is InChI=1S/C9H15NO3/c11-8(12)9(3-6-13-7-9)10-4-1-2-5-10/h1-7H2,(H,11,12). The molecule has 2 aliphatic heterocycles. The van der Waals surface area contributed by atoms with Gasteiger partial charge in [0.2, 0.25) is 0 Å². The number of carboxylic acid groups (broad SMARTS) is 1. The van der Waals surface area contributed by atoms with Crippen LogP contribution in [0, 0.1) is 0 Å². The predicted octanol–water partition coefficient (Wildman–Crippen LogP) is 0.326. The van der Waals surface area contributed by atoms with Crippen molar-refractivity contribution in [3.63, 3.8) is 0 Å². The number of hydrogen-bond donors (Lipinski definition) is 1. The molecule has 2 rings (SSSR count). The Morgan fingerprint density at radius 2 is 2.08 bits per heavy atom. The quantitative estimate of drug-likeness (QED) is 0.673. The largest absolute Gasteiger partial charge is 0.480 e. The molecule has 2 heterocycles. The molecule has 0 aliphatic carbocycles. The SMILES string of the molecule is O=C(O)C1(N2CCCC2)CCOC1.